The Kier molecular flexibility index (Phi) is 2.24. The molecule has 3 nitrogen and oxygen atoms in total. The molecule has 4 heteroatoms. The van der Waals surface area contributed by atoms with E-state index in [1.54, 1.807) is 0 Å². The van der Waals surface area contributed by atoms with Crippen molar-refractivity contribution in [2.75, 3.05) is 0 Å². The summed E-state index contributed by atoms with van der Waals surface area (Å²) < 4.78 is 0.858. The monoisotopic (exact) mass is 265 g/mol. The Morgan fingerprint density at radius 2 is 2.00 bits per heavy atom. The number of hydrogen-bond acceptors (Lipinski definition) is 2. The van der Waals surface area contributed by atoms with E-state index >= 15 is 0 Å². The summed E-state index contributed by atoms with van der Waals surface area (Å²) in [6.07, 6.45) is 5.19. The van der Waals surface area contributed by atoms with Crippen LogP contribution in [0.25, 0.3) is 11.2 Å². The smallest absolute Gasteiger partial charge is 0.158 e. The minimum atomic E-state index is 0.623. The molecule has 0 spiro atoms. The van der Waals surface area contributed by atoms with Crippen molar-refractivity contribution in [3.63, 3.8) is 0 Å². The highest BCUT2D eigenvalue weighted by Gasteiger charge is 2.20. The Bertz CT molecular complexity index is 486. The number of hydrogen-bond donors (Lipinski definition) is 1. The zero-order chi connectivity index (χ0) is 10.3. The number of rotatable bonds is 1. The van der Waals surface area contributed by atoms with Crippen molar-refractivity contribution in [3.8, 4) is 0 Å². The quantitative estimate of drug-likeness (QED) is 0.804. The number of fused-ring (bicyclic) bond motifs is 1. The van der Waals surface area contributed by atoms with Gasteiger partial charge in [-0.05, 0) is 40.9 Å². The van der Waals surface area contributed by atoms with Gasteiger partial charge in [0.15, 0.2) is 5.65 Å². The minimum Gasteiger partial charge on any atom is -0.326 e. The second kappa shape index (κ2) is 3.59. The van der Waals surface area contributed by atoms with Crippen LogP contribution in [0.4, 0.5) is 0 Å². The molecule has 78 valence electrons. The van der Waals surface area contributed by atoms with Crippen molar-refractivity contribution in [2.24, 2.45) is 0 Å². The van der Waals surface area contributed by atoms with E-state index in [1.165, 1.54) is 25.7 Å². The third-order valence-corrected chi connectivity index (χ3v) is 3.51. The molecular formula is C11H12BrN3. The van der Waals surface area contributed by atoms with Crippen molar-refractivity contribution >= 4 is 27.1 Å². The van der Waals surface area contributed by atoms with E-state index in [2.05, 4.69) is 30.9 Å². The number of H-pyrrole nitrogens is 1. The molecule has 0 radical (unpaired) electrons. The lowest BCUT2D eigenvalue weighted by atomic mass is 10.1. The molecule has 0 atom stereocenters. The van der Waals surface area contributed by atoms with Gasteiger partial charge in [-0.2, -0.15) is 0 Å². The van der Waals surface area contributed by atoms with Crippen LogP contribution in [-0.4, -0.2) is 15.0 Å². The van der Waals surface area contributed by atoms with Gasteiger partial charge < -0.3 is 4.98 Å². The first kappa shape index (κ1) is 9.33. The summed E-state index contributed by atoms with van der Waals surface area (Å²) in [5, 5.41) is 0. The molecule has 0 amide bonds. The number of nitrogens with one attached hydrogen (secondary N) is 1. The van der Waals surface area contributed by atoms with E-state index in [1.807, 2.05) is 12.1 Å². The zero-order valence-electron chi connectivity index (χ0n) is 8.33. The maximum Gasteiger partial charge on any atom is 0.158 e. The fraction of sp³-hybridized carbons (Fsp3) is 0.455. The molecule has 0 saturated heterocycles. The fourth-order valence-electron chi connectivity index (χ4n) is 2.28. The molecule has 1 aliphatic carbocycles. The Balaban J connectivity index is 2.05. The Hall–Kier alpha value is -0.900. The number of pyridine rings is 1. The molecular weight excluding hydrogens is 254 g/mol. The van der Waals surface area contributed by atoms with Gasteiger partial charge >= 0.3 is 0 Å². The van der Waals surface area contributed by atoms with E-state index < -0.39 is 0 Å². The van der Waals surface area contributed by atoms with Crippen molar-refractivity contribution in [2.45, 2.75) is 31.6 Å². The van der Waals surface area contributed by atoms with E-state index in [-0.39, 0.29) is 0 Å². The first-order chi connectivity index (χ1) is 7.33. The lowest BCUT2D eigenvalue weighted by Gasteiger charge is -2.02. The van der Waals surface area contributed by atoms with Crippen LogP contribution < -0.4 is 0 Å². The molecule has 1 aliphatic rings. The van der Waals surface area contributed by atoms with Crippen LogP contribution in [0.5, 0.6) is 0 Å². The molecule has 2 aromatic heterocycles. The standard InChI is InChI=1S/C11H12BrN3/c12-9-6-5-8-11(14-9)15-10(13-8)7-3-1-2-4-7/h5-7H,1-4H2,(H,13,14,15). The molecule has 0 bridgehead atoms. The van der Waals surface area contributed by atoms with Crippen molar-refractivity contribution in [1.29, 1.82) is 0 Å². The first-order valence-corrected chi connectivity index (χ1v) is 6.14. The minimum absolute atomic E-state index is 0.623. The Labute approximate surface area is 96.4 Å². The summed E-state index contributed by atoms with van der Waals surface area (Å²) in [6, 6.07) is 3.93. The third-order valence-electron chi connectivity index (χ3n) is 3.07. The van der Waals surface area contributed by atoms with Gasteiger partial charge in [-0.25, -0.2) is 9.97 Å². The summed E-state index contributed by atoms with van der Waals surface area (Å²) in [5.74, 6) is 1.74. The van der Waals surface area contributed by atoms with Crippen molar-refractivity contribution < 1.29 is 0 Å². The lowest BCUT2D eigenvalue weighted by Crippen LogP contribution is -1.94. The second-order valence-electron chi connectivity index (χ2n) is 4.11. The molecule has 0 aliphatic heterocycles. The normalized spacial score (nSPS) is 17.7. The molecule has 0 aromatic carbocycles. The lowest BCUT2D eigenvalue weighted by molar-refractivity contribution is 0.681. The van der Waals surface area contributed by atoms with Crippen LogP contribution in [0.1, 0.15) is 37.4 Å². The highest BCUT2D eigenvalue weighted by atomic mass is 79.9. The predicted octanol–water partition coefficient (Wildman–Crippen LogP) is 3.38. The van der Waals surface area contributed by atoms with E-state index in [9.17, 15) is 0 Å². The molecule has 0 unspecified atom stereocenters. The molecule has 2 aromatic rings. The summed E-state index contributed by atoms with van der Waals surface area (Å²) >= 11 is 3.37. The van der Waals surface area contributed by atoms with Gasteiger partial charge in [0.25, 0.3) is 0 Å². The van der Waals surface area contributed by atoms with Gasteiger partial charge in [-0.1, -0.05) is 12.8 Å². The fourth-order valence-corrected chi connectivity index (χ4v) is 2.59. The molecule has 1 saturated carbocycles. The van der Waals surface area contributed by atoms with Crippen molar-refractivity contribution in [1.82, 2.24) is 15.0 Å². The van der Waals surface area contributed by atoms with Crippen LogP contribution in [0.15, 0.2) is 16.7 Å². The highest BCUT2D eigenvalue weighted by molar-refractivity contribution is 9.10. The third kappa shape index (κ3) is 1.67. The van der Waals surface area contributed by atoms with Gasteiger partial charge in [-0.3, -0.25) is 0 Å². The van der Waals surface area contributed by atoms with Crippen LogP contribution >= 0.6 is 15.9 Å². The Morgan fingerprint density at radius 3 is 2.80 bits per heavy atom. The number of nitrogens with zero attached hydrogens (tertiary/aromatic N) is 2. The molecule has 2 heterocycles. The average molecular weight is 266 g/mol. The van der Waals surface area contributed by atoms with Crippen LogP contribution in [0.3, 0.4) is 0 Å². The Morgan fingerprint density at radius 1 is 1.20 bits per heavy atom. The predicted molar refractivity (Wildman–Crippen MR) is 62.8 cm³/mol. The second-order valence-corrected chi connectivity index (χ2v) is 4.92. The largest absolute Gasteiger partial charge is 0.326 e. The van der Waals surface area contributed by atoms with Gasteiger partial charge in [0.05, 0.1) is 0 Å². The summed E-state index contributed by atoms with van der Waals surface area (Å²) in [7, 11) is 0. The summed E-state index contributed by atoms with van der Waals surface area (Å²) in [6.45, 7) is 0. The highest BCUT2D eigenvalue weighted by Crippen LogP contribution is 2.33. The number of imidazole rings is 1. The maximum atomic E-state index is 4.60. The van der Waals surface area contributed by atoms with Crippen LogP contribution in [-0.2, 0) is 0 Å². The molecule has 15 heavy (non-hydrogen) atoms. The maximum absolute atomic E-state index is 4.60. The van der Waals surface area contributed by atoms with Crippen molar-refractivity contribution in [3.05, 3.63) is 22.6 Å². The number of aromatic nitrogens is 3. The van der Waals surface area contributed by atoms with Gasteiger partial charge in [0, 0.05) is 5.92 Å². The number of halogens is 1. The molecule has 3 rings (SSSR count). The zero-order valence-corrected chi connectivity index (χ0v) is 9.92. The van der Waals surface area contributed by atoms with Crippen LogP contribution in [0.2, 0.25) is 0 Å². The topological polar surface area (TPSA) is 41.6 Å². The average Bonchev–Trinajstić information content (AvgIpc) is 2.84. The van der Waals surface area contributed by atoms with Gasteiger partial charge in [0.2, 0.25) is 0 Å². The van der Waals surface area contributed by atoms with E-state index in [0.29, 0.717) is 5.92 Å². The summed E-state index contributed by atoms with van der Waals surface area (Å²) in [5.41, 5.74) is 1.87. The van der Waals surface area contributed by atoms with Gasteiger partial charge in [-0.15, -0.1) is 0 Å². The van der Waals surface area contributed by atoms with E-state index in [4.69, 9.17) is 0 Å². The SMILES string of the molecule is Brc1ccc2nc(C3CCCC3)[nH]c2n1. The van der Waals surface area contributed by atoms with Crippen LogP contribution in [0, 0.1) is 0 Å². The molecule has 1 fully saturated rings. The van der Waals surface area contributed by atoms with Gasteiger partial charge in [0.1, 0.15) is 15.9 Å². The number of aromatic amines is 1. The molecule has 1 N–H and O–H groups in total. The summed E-state index contributed by atoms with van der Waals surface area (Å²) in [4.78, 5) is 12.3. The van der Waals surface area contributed by atoms with E-state index in [0.717, 1.165) is 21.6 Å². The first-order valence-electron chi connectivity index (χ1n) is 5.35.